The molecular weight excluding hydrogens is 222 g/mol. The van der Waals surface area contributed by atoms with Gasteiger partial charge in [0.05, 0.1) is 28.9 Å². The molecule has 0 aliphatic heterocycles. The van der Waals surface area contributed by atoms with E-state index in [1.54, 1.807) is 6.07 Å². The standard InChI is InChI=1S/C12H16ClN3/c1-9(2)16(8-4-7-14)11-6-3-5-10(13)12(11)15/h3,5-6,9H,4,8,15H2,1-2H3. The van der Waals surface area contributed by atoms with Crippen LogP contribution in [0.25, 0.3) is 0 Å². The number of para-hydroxylation sites is 1. The number of anilines is 2. The lowest BCUT2D eigenvalue weighted by molar-refractivity contribution is 0.687. The molecule has 0 atom stereocenters. The first kappa shape index (κ1) is 12.7. The molecule has 86 valence electrons. The van der Waals surface area contributed by atoms with Crippen LogP contribution >= 0.6 is 11.6 Å². The zero-order valence-corrected chi connectivity index (χ0v) is 10.3. The third-order valence-electron chi connectivity index (χ3n) is 2.43. The van der Waals surface area contributed by atoms with Gasteiger partial charge in [-0.15, -0.1) is 0 Å². The predicted octanol–water partition coefficient (Wildman–Crippen LogP) is 3.05. The van der Waals surface area contributed by atoms with Gasteiger partial charge in [-0.1, -0.05) is 17.7 Å². The number of benzene rings is 1. The molecule has 3 nitrogen and oxygen atoms in total. The summed E-state index contributed by atoms with van der Waals surface area (Å²) in [4.78, 5) is 2.09. The second-order valence-electron chi connectivity index (χ2n) is 3.87. The Bertz CT molecular complexity index is 396. The van der Waals surface area contributed by atoms with Crippen LogP contribution < -0.4 is 10.6 Å². The summed E-state index contributed by atoms with van der Waals surface area (Å²) < 4.78 is 0. The van der Waals surface area contributed by atoms with Gasteiger partial charge in [0.15, 0.2) is 0 Å². The summed E-state index contributed by atoms with van der Waals surface area (Å²) in [5.74, 6) is 0. The Morgan fingerprint density at radius 3 is 2.75 bits per heavy atom. The molecule has 0 spiro atoms. The van der Waals surface area contributed by atoms with Crippen molar-refractivity contribution in [2.75, 3.05) is 17.2 Å². The van der Waals surface area contributed by atoms with Crippen LogP contribution in [0.3, 0.4) is 0 Å². The summed E-state index contributed by atoms with van der Waals surface area (Å²) >= 11 is 5.98. The number of halogens is 1. The van der Waals surface area contributed by atoms with Gasteiger partial charge in [-0.25, -0.2) is 0 Å². The number of nitrogen functional groups attached to an aromatic ring is 1. The van der Waals surface area contributed by atoms with Gasteiger partial charge in [0.2, 0.25) is 0 Å². The number of nitriles is 1. The molecule has 0 aliphatic rings. The monoisotopic (exact) mass is 237 g/mol. The van der Waals surface area contributed by atoms with Crippen LogP contribution in [-0.2, 0) is 0 Å². The van der Waals surface area contributed by atoms with E-state index in [1.807, 2.05) is 12.1 Å². The quantitative estimate of drug-likeness (QED) is 0.819. The predicted molar refractivity (Wildman–Crippen MR) is 68.6 cm³/mol. The van der Waals surface area contributed by atoms with E-state index in [2.05, 4.69) is 24.8 Å². The third-order valence-corrected chi connectivity index (χ3v) is 2.76. The second kappa shape index (κ2) is 5.62. The maximum Gasteiger partial charge on any atom is 0.0741 e. The first-order valence-electron chi connectivity index (χ1n) is 5.25. The Balaban J connectivity index is 3.02. The number of hydrogen-bond donors (Lipinski definition) is 1. The average molecular weight is 238 g/mol. The van der Waals surface area contributed by atoms with Crippen molar-refractivity contribution in [1.29, 1.82) is 5.26 Å². The molecule has 0 fully saturated rings. The van der Waals surface area contributed by atoms with Crippen LogP contribution in [0, 0.1) is 11.3 Å². The van der Waals surface area contributed by atoms with E-state index < -0.39 is 0 Å². The third kappa shape index (κ3) is 2.80. The first-order valence-corrected chi connectivity index (χ1v) is 5.63. The second-order valence-corrected chi connectivity index (χ2v) is 4.28. The Morgan fingerprint density at radius 1 is 1.50 bits per heavy atom. The van der Waals surface area contributed by atoms with Crippen LogP contribution in [0.15, 0.2) is 18.2 Å². The lowest BCUT2D eigenvalue weighted by Crippen LogP contribution is -2.32. The molecule has 0 amide bonds. The molecule has 1 rings (SSSR count). The van der Waals surface area contributed by atoms with Crippen molar-refractivity contribution in [3.63, 3.8) is 0 Å². The molecule has 0 saturated heterocycles. The summed E-state index contributed by atoms with van der Waals surface area (Å²) in [6, 6.07) is 7.99. The number of hydrogen-bond acceptors (Lipinski definition) is 3. The molecular formula is C12H16ClN3. The van der Waals surface area contributed by atoms with E-state index in [0.717, 1.165) is 5.69 Å². The van der Waals surface area contributed by atoms with Gasteiger partial charge < -0.3 is 10.6 Å². The van der Waals surface area contributed by atoms with E-state index in [1.165, 1.54) is 0 Å². The topological polar surface area (TPSA) is 53.0 Å². The number of nitrogens with two attached hydrogens (primary N) is 1. The molecule has 1 aromatic carbocycles. The zero-order chi connectivity index (χ0) is 12.1. The largest absolute Gasteiger partial charge is 0.396 e. The fourth-order valence-electron chi connectivity index (χ4n) is 1.60. The van der Waals surface area contributed by atoms with Crippen molar-refractivity contribution in [1.82, 2.24) is 0 Å². The van der Waals surface area contributed by atoms with Gasteiger partial charge in [-0.2, -0.15) is 5.26 Å². The van der Waals surface area contributed by atoms with Crippen molar-refractivity contribution in [3.8, 4) is 6.07 Å². The van der Waals surface area contributed by atoms with Crippen LogP contribution in [0.2, 0.25) is 5.02 Å². The molecule has 0 radical (unpaired) electrons. The van der Waals surface area contributed by atoms with Gasteiger partial charge in [-0.3, -0.25) is 0 Å². The molecule has 2 N–H and O–H groups in total. The van der Waals surface area contributed by atoms with Gasteiger partial charge >= 0.3 is 0 Å². The lowest BCUT2D eigenvalue weighted by atomic mass is 10.2. The molecule has 0 aliphatic carbocycles. The minimum Gasteiger partial charge on any atom is -0.396 e. The van der Waals surface area contributed by atoms with Crippen LogP contribution in [0.1, 0.15) is 20.3 Å². The van der Waals surface area contributed by atoms with Crippen molar-refractivity contribution in [2.45, 2.75) is 26.3 Å². The van der Waals surface area contributed by atoms with Crippen molar-refractivity contribution in [3.05, 3.63) is 23.2 Å². The van der Waals surface area contributed by atoms with Crippen LogP contribution in [-0.4, -0.2) is 12.6 Å². The summed E-state index contributed by atoms with van der Waals surface area (Å²) in [5.41, 5.74) is 7.42. The Kier molecular flexibility index (Phi) is 4.45. The molecule has 4 heteroatoms. The molecule has 0 bridgehead atoms. The fourth-order valence-corrected chi connectivity index (χ4v) is 1.77. The molecule has 1 aromatic rings. The van der Waals surface area contributed by atoms with E-state index in [-0.39, 0.29) is 6.04 Å². The molecule has 16 heavy (non-hydrogen) atoms. The number of nitrogens with zero attached hydrogens (tertiary/aromatic N) is 2. The lowest BCUT2D eigenvalue weighted by Gasteiger charge is -2.29. The normalized spacial score (nSPS) is 10.2. The Morgan fingerprint density at radius 2 is 2.19 bits per heavy atom. The van der Waals surface area contributed by atoms with E-state index in [4.69, 9.17) is 22.6 Å². The maximum atomic E-state index is 8.63. The minimum atomic E-state index is 0.286. The van der Waals surface area contributed by atoms with E-state index in [0.29, 0.717) is 23.7 Å². The van der Waals surface area contributed by atoms with Gasteiger partial charge in [0.1, 0.15) is 0 Å². The molecule has 0 heterocycles. The van der Waals surface area contributed by atoms with Crippen molar-refractivity contribution in [2.24, 2.45) is 0 Å². The highest BCUT2D eigenvalue weighted by atomic mass is 35.5. The van der Waals surface area contributed by atoms with Gasteiger partial charge in [-0.05, 0) is 26.0 Å². The van der Waals surface area contributed by atoms with Crippen LogP contribution in [0.4, 0.5) is 11.4 Å². The molecule has 0 saturated carbocycles. The summed E-state index contributed by atoms with van der Waals surface area (Å²) in [6.07, 6.45) is 0.476. The van der Waals surface area contributed by atoms with Crippen molar-refractivity contribution >= 4 is 23.0 Å². The highest BCUT2D eigenvalue weighted by Crippen LogP contribution is 2.31. The Hall–Kier alpha value is -1.40. The smallest absolute Gasteiger partial charge is 0.0741 e. The maximum absolute atomic E-state index is 8.63. The van der Waals surface area contributed by atoms with Crippen LogP contribution in [0.5, 0.6) is 0 Å². The molecule has 0 unspecified atom stereocenters. The van der Waals surface area contributed by atoms with Gasteiger partial charge in [0, 0.05) is 12.6 Å². The fraction of sp³-hybridized carbons (Fsp3) is 0.417. The highest BCUT2D eigenvalue weighted by molar-refractivity contribution is 6.33. The van der Waals surface area contributed by atoms with Crippen molar-refractivity contribution < 1.29 is 0 Å². The van der Waals surface area contributed by atoms with Gasteiger partial charge in [0.25, 0.3) is 0 Å². The summed E-state index contributed by atoms with van der Waals surface area (Å²) in [5, 5.41) is 9.19. The van der Waals surface area contributed by atoms with E-state index in [9.17, 15) is 0 Å². The SMILES string of the molecule is CC(C)N(CCC#N)c1cccc(Cl)c1N. The Labute approximate surface area is 101 Å². The minimum absolute atomic E-state index is 0.286. The first-order chi connectivity index (χ1) is 7.57. The summed E-state index contributed by atoms with van der Waals surface area (Å²) in [7, 11) is 0. The summed E-state index contributed by atoms with van der Waals surface area (Å²) in [6.45, 7) is 4.80. The molecule has 0 aromatic heterocycles. The van der Waals surface area contributed by atoms with E-state index >= 15 is 0 Å². The zero-order valence-electron chi connectivity index (χ0n) is 9.57. The average Bonchev–Trinajstić information content (AvgIpc) is 2.24. The number of rotatable bonds is 4. The highest BCUT2D eigenvalue weighted by Gasteiger charge is 2.14.